The Morgan fingerprint density at radius 3 is 2.75 bits per heavy atom. The minimum Gasteiger partial charge on any atom is -0.381 e. The van der Waals surface area contributed by atoms with E-state index in [1.165, 1.54) is 0 Å². The van der Waals surface area contributed by atoms with Gasteiger partial charge < -0.3 is 20.5 Å². The van der Waals surface area contributed by atoms with Gasteiger partial charge in [0.05, 0.1) is 16.8 Å². The summed E-state index contributed by atoms with van der Waals surface area (Å²) in [5, 5.41) is 16.1. The number of rotatable bonds is 4. The quantitative estimate of drug-likeness (QED) is 0.645. The number of amides is 1. The van der Waals surface area contributed by atoms with E-state index in [4.69, 9.17) is 5.26 Å². The topological polar surface area (TPSA) is 110 Å². The number of carbonyl (C=O) groups excluding carboxylic acids is 1. The minimum absolute atomic E-state index is 0.155. The molecule has 142 valence electrons. The molecule has 1 saturated heterocycles. The highest BCUT2D eigenvalue weighted by molar-refractivity contribution is 6.06. The Morgan fingerprint density at radius 2 is 2.07 bits per heavy atom. The van der Waals surface area contributed by atoms with E-state index in [0.29, 0.717) is 11.1 Å². The highest BCUT2D eigenvalue weighted by Crippen LogP contribution is 2.28. The smallest absolute Gasteiger partial charge is 0.254 e. The molecular formula is C20H21N7O. The van der Waals surface area contributed by atoms with Crippen LogP contribution in [0.3, 0.4) is 0 Å². The number of fused-ring (bicyclic) bond motifs is 1. The van der Waals surface area contributed by atoms with Gasteiger partial charge in [-0.3, -0.25) is 4.79 Å². The standard InChI is InChI=1S/C20H21N7O/c1-22-20(28)16-12-25-19-15(4-7-23-19)18(16)26-14-5-8-27(9-6-14)17-3-2-13(10-21)11-24-17/h2-4,7,11-12,14H,5-6,8-9H2,1H3,(H,22,28)(H2,23,25,26). The summed E-state index contributed by atoms with van der Waals surface area (Å²) >= 11 is 0. The van der Waals surface area contributed by atoms with E-state index in [0.717, 1.165) is 48.5 Å². The van der Waals surface area contributed by atoms with Crippen LogP contribution in [-0.4, -0.2) is 47.0 Å². The first-order valence-electron chi connectivity index (χ1n) is 9.25. The van der Waals surface area contributed by atoms with Gasteiger partial charge in [-0.2, -0.15) is 5.26 Å². The first-order valence-corrected chi connectivity index (χ1v) is 9.25. The van der Waals surface area contributed by atoms with Crippen molar-refractivity contribution < 1.29 is 4.79 Å². The van der Waals surface area contributed by atoms with Gasteiger partial charge in [-0.25, -0.2) is 9.97 Å². The molecule has 3 aromatic rings. The molecule has 0 aromatic carbocycles. The van der Waals surface area contributed by atoms with Crippen molar-refractivity contribution in [1.29, 1.82) is 5.26 Å². The molecule has 0 spiro atoms. The number of aromatic nitrogens is 3. The van der Waals surface area contributed by atoms with Crippen molar-refractivity contribution in [2.45, 2.75) is 18.9 Å². The molecule has 0 atom stereocenters. The zero-order valence-electron chi connectivity index (χ0n) is 15.6. The van der Waals surface area contributed by atoms with Crippen LogP contribution in [0.1, 0.15) is 28.8 Å². The Hall–Kier alpha value is -3.60. The molecule has 4 heterocycles. The summed E-state index contributed by atoms with van der Waals surface area (Å²) in [6.07, 6.45) is 6.88. The second kappa shape index (κ2) is 7.56. The fourth-order valence-corrected chi connectivity index (χ4v) is 3.57. The third-order valence-corrected chi connectivity index (χ3v) is 5.10. The van der Waals surface area contributed by atoms with Crippen LogP contribution in [-0.2, 0) is 0 Å². The third kappa shape index (κ3) is 3.34. The molecule has 3 aromatic heterocycles. The fraction of sp³-hybridized carbons (Fsp3) is 0.300. The summed E-state index contributed by atoms with van der Waals surface area (Å²) in [7, 11) is 1.62. The van der Waals surface area contributed by atoms with Crippen molar-refractivity contribution in [1.82, 2.24) is 20.3 Å². The summed E-state index contributed by atoms with van der Waals surface area (Å²) in [4.78, 5) is 26.3. The highest BCUT2D eigenvalue weighted by atomic mass is 16.1. The van der Waals surface area contributed by atoms with E-state index in [2.05, 4.69) is 36.6 Å². The monoisotopic (exact) mass is 375 g/mol. The predicted molar refractivity (Wildman–Crippen MR) is 107 cm³/mol. The number of aromatic amines is 1. The Bertz CT molecular complexity index is 1030. The summed E-state index contributed by atoms with van der Waals surface area (Å²) in [6.45, 7) is 1.71. The molecule has 1 aliphatic rings. The van der Waals surface area contributed by atoms with Crippen LogP contribution in [0.2, 0.25) is 0 Å². The first-order chi connectivity index (χ1) is 13.7. The maximum atomic E-state index is 12.3. The average molecular weight is 375 g/mol. The van der Waals surface area contributed by atoms with Crippen molar-refractivity contribution in [3.8, 4) is 6.07 Å². The Balaban J connectivity index is 1.49. The SMILES string of the molecule is CNC(=O)c1cnc2[nH]ccc2c1NC1CCN(c2ccc(C#N)cn2)CC1. The van der Waals surface area contributed by atoms with Gasteiger partial charge in [0, 0.05) is 50.2 Å². The molecule has 0 radical (unpaired) electrons. The number of hydrogen-bond acceptors (Lipinski definition) is 6. The lowest BCUT2D eigenvalue weighted by Crippen LogP contribution is -2.39. The van der Waals surface area contributed by atoms with Crippen LogP contribution in [0.15, 0.2) is 36.8 Å². The molecule has 1 fully saturated rings. The van der Waals surface area contributed by atoms with Gasteiger partial charge in [-0.05, 0) is 31.0 Å². The lowest BCUT2D eigenvalue weighted by Gasteiger charge is -2.34. The zero-order valence-corrected chi connectivity index (χ0v) is 15.6. The molecular weight excluding hydrogens is 354 g/mol. The van der Waals surface area contributed by atoms with Gasteiger partial charge >= 0.3 is 0 Å². The Kier molecular flexibility index (Phi) is 4.81. The molecule has 1 aliphatic heterocycles. The molecule has 8 heteroatoms. The maximum Gasteiger partial charge on any atom is 0.254 e. The van der Waals surface area contributed by atoms with Gasteiger partial charge in [0.15, 0.2) is 0 Å². The fourth-order valence-electron chi connectivity index (χ4n) is 3.57. The summed E-state index contributed by atoms with van der Waals surface area (Å²) in [6, 6.07) is 7.96. The number of nitriles is 1. The largest absolute Gasteiger partial charge is 0.381 e. The maximum absolute atomic E-state index is 12.3. The molecule has 0 saturated carbocycles. The van der Waals surface area contributed by atoms with E-state index >= 15 is 0 Å². The van der Waals surface area contributed by atoms with Gasteiger partial charge in [-0.15, -0.1) is 0 Å². The normalized spacial score (nSPS) is 14.6. The molecule has 0 aliphatic carbocycles. The highest BCUT2D eigenvalue weighted by Gasteiger charge is 2.23. The van der Waals surface area contributed by atoms with Crippen LogP contribution in [0.25, 0.3) is 11.0 Å². The van der Waals surface area contributed by atoms with E-state index < -0.39 is 0 Å². The number of nitrogens with zero attached hydrogens (tertiary/aromatic N) is 4. The second-order valence-corrected chi connectivity index (χ2v) is 6.79. The molecule has 4 rings (SSSR count). The van der Waals surface area contributed by atoms with Crippen LogP contribution in [0.5, 0.6) is 0 Å². The molecule has 0 unspecified atom stereocenters. The third-order valence-electron chi connectivity index (χ3n) is 5.10. The zero-order chi connectivity index (χ0) is 19.5. The number of pyridine rings is 2. The molecule has 0 bridgehead atoms. The molecule has 1 amide bonds. The van der Waals surface area contributed by atoms with Crippen molar-refractivity contribution in [3.63, 3.8) is 0 Å². The number of anilines is 2. The van der Waals surface area contributed by atoms with Crippen LogP contribution < -0.4 is 15.5 Å². The number of H-pyrrole nitrogens is 1. The Morgan fingerprint density at radius 1 is 1.25 bits per heavy atom. The number of carbonyl (C=O) groups is 1. The first kappa shape index (κ1) is 17.8. The predicted octanol–water partition coefficient (Wildman–Crippen LogP) is 2.27. The summed E-state index contributed by atoms with van der Waals surface area (Å²) in [5.74, 6) is 0.734. The van der Waals surface area contributed by atoms with E-state index in [1.54, 1.807) is 25.5 Å². The second-order valence-electron chi connectivity index (χ2n) is 6.79. The van der Waals surface area contributed by atoms with E-state index in [-0.39, 0.29) is 11.9 Å². The number of piperidine rings is 1. The number of nitrogens with one attached hydrogen (secondary N) is 3. The molecule has 8 nitrogen and oxygen atoms in total. The summed E-state index contributed by atoms with van der Waals surface area (Å²) in [5.41, 5.74) is 2.69. The van der Waals surface area contributed by atoms with Crippen LogP contribution in [0.4, 0.5) is 11.5 Å². The average Bonchev–Trinajstić information content (AvgIpc) is 3.23. The number of hydrogen-bond donors (Lipinski definition) is 3. The minimum atomic E-state index is -0.155. The van der Waals surface area contributed by atoms with Crippen LogP contribution >= 0.6 is 0 Å². The van der Waals surface area contributed by atoms with Gasteiger partial charge in [0.1, 0.15) is 17.5 Å². The van der Waals surface area contributed by atoms with Gasteiger partial charge in [0.2, 0.25) is 0 Å². The lowest BCUT2D eigenvalue weighted by molar-refractivity contribution is 0.0963. The van der Waals surface area contributed by atoms with Crippen molar-refractivity contribution >= 4 is 28.4 Å². The van der Waals surface area contributed by atoms with Gasteiger partial charge in [-0.1, -0.05) is 0 Å². The lowest BCUT2D eigenvalue weighted by atomic mass is 10.0. The molecule has 3 N–H and O–H groups in total. The summed E-state index contributed by atoms with van der Waals surface area (Å²) < 4.78 is 0. The van der Waals surface area contributed by atoms with Crippen molar-refractivity contribution in [3.05, 3.63) is 47.9 Å². The Labute approximate surface area is 162 Å². The van der Waals surface area contributed by atoms with Gasteiger partial charge in [0.25, 0.3) is 5.91 Å². The molecule has 28 heavy (non-hydrogen) atoms. The van der Waals surface area contributed by atoms with E-state index in [9.17, 15) is 4.79 Å². The van der Waals surface area contributed by atoms with Crippen molar-refractivity contribution in [2.75, 3.05) is 30.4 Å². The van der Waals surface area contributed by atoms with Crippen LogP contribution in [0, 0.1) is 11.3 Å². The van der Waals surface area contributed by atoms with E-state index in [1.807, 2.05) is 18.3 Å². The van der Waals surface area contributed by atoms with Crippen molar-refractivity contribution in [2.24, 2.45) is 0 Å².